The van der Waals surface area contributed by atoms with E-state index in [-0.39, 0.29) is 20.0 Å². The third-order valence-corrected chi connectivity index (χ3v) is 2.81. The molecule has 0 aliphatic carbocycles. The molecule has 0 saturated heterocycles. The van der Waals surface area contributed by atoms with Crippen LogP contribution in [0.1, 0.15) is 10.4 Å². The molecule has 1 aliphatic heterocycles. The Balaban J connectivity index is 1.77. The lowest BCUT2D eigenvalue weighted by Crippen LogP contribution is -2.11. The average molecular weight is 320 g/mol. The molecule has 23 heavy (non-hydrogen) atoms. The number of methoxy groups -OCH3 is 1. The van der Waals surface area contributed by atoms with Crippen molar-refractivity contribution in [1.82, 2.24) is 0 Å². The Bertz CT molecular complexity index is 627. The van der Waals surface area contributed by atoms with Crippen LogP contribution in [0.5, 0.6) is 11.5 Å². The number of rotatable bonds is 7. The number of benzene rings is 1. The molecule has 0 unspecified atom stereocenters. The molecule has 1 aromatic carbocycles. The number of hydrogen-bond donors (Lipinski definition) is 0. The molecule has 1 heterocycles. The van der Waals surface area contributed by atoms with Crippen LogP contribution < -0.4 is 9.47 Å². The second kappa shape index (κ2) is 8.78. The molecule has 0 amide bonds. The van der Waals surface area contributed by atoms with Gasteiger partial charge < -0.3 is 23.7 Å². The van der Waals surface area contributed by atoms with Gasteiger partial charge in [-0.15, -0.1) is 0 Å². The minimum atomic E-state index is -0.783. The molecule has 0 N–H and O–H groups in total. The lowest BCUT2D eigenvalue weighted by molar-refractivity contribution is -0.138. The Morgan fingerprint density at radius 3 is 2.70 bits per heavy atom. The van der Waals surface area contributed by atoms with E-state index in [4.69, 9.17) is 23.7 Å². The van der Waals surface area contributed by atoms with Gasteiger partial charge in [0, 0.05) is 18.6 Å². The van der Waals surface area contributed by atoms with Crippen molar-refractivity contribution >= 4 is 11.8 Å². The van der Waals surface area contributed by atoms with Gasteiger partial charge in [0.05, 0.1) is 19.8 Å². The fraction of sp³-hybridized carbons (Fsp3) is 0.375. The van der Waals surface area contributed by atoms with Crippen molar-refractivity contribution in [3.05, 3.63) is 23.8 Å². The second-order valence-electron chi connectivity index (χ2n) is 4.39. The van der Waals surface area contributed by atoms with Gasteiger partial charge in [-0.2, -0.15) is 0 Å². The van der Waals surface area contributed by atoms with E-state index in [2.05, 4.69) is 11.8 Å². The van der Waals surface area contributed by atoms with Crippen molar-refractivity contribution < 1.29 is 33.3 Å². The molecule has 0 aromatic heterocycles. The van der Waals surface area contributed by atoms with Crippen LogP contribution in [0.3, 0.4) is 0 Å². The molecule has 0 bridgehead atoms. The maximum absolute atomic E-state index is 11.9. The number of fused-ring (bicyclic) bond motifs is 1. The fourth-order valence-corrected chi connectivity index (χ4v) is 1.69. The fourth-order valence-electron chi connectivity index (χ4n) is 1.69. The predicted octanol–water partition coefficient (Wildman–Crippen LogP) is 0.808. The highest BCUT2D eigenvalue weighted by atomic mass is 16.7. The van der Waals surface area contributed by atoms with E-state index in [1.54, 1.807) is 19.2 Å². The highest BCUT2D eigenvalue weighted by molar-refractivity contribution is 6.12. The highest BCUT2D eigenvalue weighted by Gasteiger charge is 2.15. The summed E-state index contributed by atoms with van der Waals surface area (Å²) >= 11 is 0. The van der Waals surface area contributed by atoms with Gasteiger partial charge in [-0.25, -0.2) is 4.79 Å². The van der Waals surface area contributed by atoms with E-state index in [1.165, 1.54) is 6.07 Å². The summed E-state index contributed by atoms with van der Waals surface area (Å²) in [6.45, 7) is 1.32. The Labute approximate surface area is 133 Å². The second-order valence-corrected chi connectivity index (χ2v) is 4.39. The van der Waals surface area contributed by atoms with E-state index >= 15 is 0 Å². The van der Waals surface area contributed by atoms with Gasteiger partial charge >= 0.3 is 5.97 Å². The summed E-state index contributed by atoms with van der Waals surface area (Å²) in [6, 6.07) is 4.70. The summed E-state index contributed by atoms with van der Waals surface area (Å²) in [5, 5.41) is 0. The smallest absolute Gasteiger partial charge is 0.384 e. The van der Waals surface area contributed by atoms with Crippen LogP contribution >= 0.6 is 0 Å². The zero-order chi connectivity index (χ0) is 16.5. The van der Waals surface area contributed by atoms with Crippen molar-refractivity contribution in [2.45, 2.75) is 0 Å². The molecule has 1 aliphatic rings. The van der Waals surface area contributed by atoms with Crippen LogP contribution in [-0.2, 0) is 19.0 Å². The molecule has 7 nitrogen and oxygen atoms in total. The van der Waals surface area contributed by atoms with Crippen LogP contribution in [0.2, 0.25) is 0 Å². The van der Waals surface area contributed by atoms with Crippen molar-refractivity contribution in [2.75, 3.05) is 40.3 Å². The molecule has 2 rings (SSSR count). The summed E-state index contributed by atoms with van der Waals surface area (Å²) in [5.41, 5.74) is 0.317. The zero-order valence-electron chi connectivity index (χ0n) is 12.6. The van der Waals surface area contributed by atoms with Crippen LogP contribution in [-0.4, -0.2) is 52.1 Å². The van der Waals surface area contributed by atoms with E-state index in [1.807, 2.05) is 0 Å². The maximum atomic E-state index is 11.9. The Hall–Kier alpha value is -2.56. The first-order chi connectivity index (χ1) is 11.2. The number of esters is 1. The largest absolute Gasteiger partial charge is 0.454 e. The number of ketones is 1. The van der Waals surface area contributed by atoms with Gasteiger partial charge in [0.25, 0.3) is 0 Å². The Morgan fingerprint density at radius 2 is 1.87 bits per heavy atom. The van der Waals surface area contributed by atoms with Gasteiger partial charge in [0.1, 0.15) is 6.61 Å². The maximum Gasteiger partial charge on any atom is 0.384 e. The Morgan fingerprint density at radius 1 is 1.09 bits per heavy atom. The molecule has 7 heteroatoms. The molecule has 0 radical (unpaired) electrons. The predicted molar refractivity (Wildman–Crippen MR) is 78.3 cm³/mol. The van der Waals surface area contributed by atoms with Gasteiger partial charge in [-0.3, -0.25) is 4.79 Å². The number of Topliss-reactive ketones (excluding diaryl/α,β-unsaturated/α-hetero) is 1. The third kappa shape index (κ3) is 5.29. The van der Waals surface area contributed by atoms with Crippen molar-refractivity contribution in [3.63, 3.8) is 0 Å². The number of ether oxygens (including phenoxy) is 5. The summed E-state index contributed by atoms with van der Waals surface area (Å²) in [7, 11) is 1.57. The molecule has 122 valence electrons. The van der Waals surface area contributed by atoms with Crippen LogP contribution in [0, 0.1) is 11.8 Å². The molecule has 0 saturated carbocycles. The first kappa shape index (κ1) is 16.8. The van der Waals surface area contributed by atoms with Gasteiger partial charge in [0.15, 0.2) is 11.5 Å². The van der Waals surface area contributed by atoms with Crippen molar-refractivity contribution in [2.24, 2.45) is 0 Å². The highest BCUT2D eigenvalue weighted by Crippen LogP contribution is 2.32. The first-order valence-corrected chi connectivity index (χ1v) is 6.90. The molecule has 0 atom stereocenters. The number of carbonyl (C=O) groups is 2. The molecule has 0 spiro atoms. The van der Waals surface area contributed by atoms with Gasteiger partial charge in [0.2, 0.25) is 12.6 Å². The van der Waals surface area contributed by atoms with Gasteiger partial charge in [-0.05, 0) is 24.1 Å². The lowest BCUT2D eigenvalue weighted by atomic mass is 10.1. The van der Waals surface area contributed by atoms with E-state index in [0.29, 0.717) is 30.3 Å². The van der Waals surface area contributed by atoms with E-state index in [9.17, 15) is 9.59 Å². The normalized spacial score (nSPS) is 11.5. The molecular weight excluding hydrogens is 304 g/mol. The standard InChI is InChI=1S/C16H16O7/c1-19-6-7-20-8-9-21-16(18)5-3-13(17)12-2-4-14-15(10-12)23-11-22-14/h2,4,10H,6-9,11H2,1H3. The van der Waals surface area contributed by atoms with Crippen molar-refractivity contribution in [1.29, 1.82) is 0 Å². The molecule has 0 fully saturated rings. The average Bonchev–Trinajstić information content (AvgIpc) is 3.03. The monoisotopic (exact) mass is 320 g/mol. The zero-order valence-corrected chi connectivity index (χ0v) is 12.6. The summed E-state index contributed by atoms with van der Waals surface area (Å²) in [5.74, 6) is 4.13. The summed E-state index contributed by atoms with van der Waals surface area (Å²) < 4.78 is 25.0. The quantitative estimate of drug-likeness (QED) is 0.184. The molecule has 1 aromatic rings. The SMILES string of the molecule is COCCOCCOC(=O)C#CC(=O)c1ccc2c(c1)OCO2. The van der Waals surface area contributed by atoms with Crippen LogP contribution in [0.4, 0.5) is 0 Å². The van der Waals surface area contributed by atoms with Gasteiger partial charge in [-0.1, -0.05) is 0 Å². The number of hydrogen-bond acceptors (Lipinski definition) is 7. The Kier molecular flexibility index (Phi) is 6.41. The number of carbonyl (C=O) groups excluding carboxylic acids is 2. The first-order valence-electron chi connectivity index (χ1n) is 6.90. The van der Waals surface area contributed by atoms with Crippen LogP contribution in [0.25, 0.3) is 0 Å². The summed E-state index contributed by atoms with van der Waals surface area (Å²) in [4.78, 5) is 23.3. The topological polar surface area (TPSA) is 80.3 Å². The minimum Gasteiger partial charge on any atom is -0.454 e. The van der Waals surface area contributed by atoms with E-state index in [0.717, 1.165) is 0 Å². The summed E-state index contributed by atoms with van der Waals surface area (Å²) in [6.07, 6.45) is 0. The third-order valence-electron chi connectivity index (χ3n) is 2.81. The minimum absolute atomic E-state index is 0.0649. The van der Waals surface area contributed by atoms with Crippen molar-refractivity contribution in [3.8, 4) is 23.3 Å². The van der Waals surface area contributed by atoms with E-state index < -0.39 is 11.8 Å². The molecular formula is C16H16O7. The lowest BCUT2D eigenvalue weighted by Gasteiger charge is -2.02. The van der Waals surface area contributed by atoms with Crippen LogP contribution in [0.15, 0.2) is 18.2 Å².